The summed E-state index contributed by atoms with van der Waals surface area (Å²) in [6, 6.07) is 19.2. The monoisotopic (exact) mass is 492 g/mol. The summed E-state index contributed by atoms with van der Waals surface area (Å²) in [6.45, 7) is 1.97. The highest BCUT2D eigenvalue weighted by Crippen LogP contribution is 2.34. The molecule has 0 aliphatic rings. The fourth-order valence-electron chi connectivity index (χ4n) is 3.26. The number of rotatable bonds is 6. The second-order valence-electron chi connectivity index (χ2n) is 6.71. The molecular weight excluding hydrogens is 476 g/mol. The Morgan fingerprint density at radius 2 is 1.88 bits per heavy atom. The molecule has 0 saturated carbocycles. The van der Waals surface area contributed by atoms with E-state index in [-0.39, 0.29) is 23.6 Å². The molecule has 0 saturated heterocycles. The van der Waals surface area contributed by atoms with Gasteiger partial charge in [-0.1, -0.05) is 58.4 Å². The van der Waals surface area contributed by atoms with Crippen molar-refractivity contribution in [3.05, 3.63) is 97.2 Å². The van der Waals surface area contributed by atoms with Crippen LogP contribution in [0.1, 0.15) is 12.5 Å². The number of hydrogen-bond acceptors (Lipinski definition) is 6. The van der Waals surface area contributed by atoms with Crippen LogP contribution in [0.2, 0.25) is 0 Å². The Kier molecular flexibility index (Phi) is 6.09. The first-order valence-corrected chi connectivity index (χ1v) is 10.5. The summed E-state index contributed by atoms with van der Waals surface area (Å²) in [5.41, 5.74) is 1.06. The van der Waals surface area contributed by atoms with Crippen LogP contribution in [-0.4, -0.2) is 27.4 Å². The van der Waals surface area contributed by atoms with Gasteiger partial charge in [-0.2, -0.15) is 9.78 Å². The average Bonchev–Trinajstić information content (AvgIpc) is 2.80. The predicted molar refractivity (Wildman–Crippen MR) is 126 cm³/mol. The molecule has 0 amide bonds. The second kappa shape index (κ2) is 9.11. The van der Waals surface area contributed by atoms with Crippen LogP contribution in [0.15, 0.2) is 81.1 Å². The van der Waals surface area contributed by atoms with Gasteiger partial charge in [0, 0.05) is 21.7 Å². The zero-order valence-electron chi connectivity index (χ0n) is 16.9. The van der Waals surface area contributed by atoms with Crippen molar-refractivity contribution in [2.45, 2.75) is 6.92 Å². The Hall–Kier alpha value is -3.85. The molecule has 8 nitrogen and oxygen atoms in total. The first kappa shape index (κ1) is 21.4. The Morgan fingerprint density at radius 3 is 2.59 bits per heavy atom. The van der Waals surface area contributed by atoms with E-state index in [9.17, 15) is 14.9 Å². The number of nitro benzene ring substituents is 1. The maximum atomic E-state index is 13.3. The minimum Gasteiger partial charge on any atom is -0.487 e. The summed E-state index contributed by atoms with van der Waals surface area (Å²) < 4.78 is 7.21. The van der Waals surface area contributed by atoms with Gasteiger partial charge in [-0.25, -0.2) is 4.98 Å². The zero-order chi connectivity index (χ0) is 22.7. The van der Waals surface area contributed by atoms with Crippen LogP contribution in [0.3, 0.4) is 0 Å². The van der Waals surface area contributed by atoms with E-state index in [1.54, 1.807) is 31.2 Å². The smallest absolute Gasteiger partial charge is 0.312 e. The van der Waals surface area contributed by atoms with Crippen molar-refractivity contribution < 1.29 is 9.66 Å². The lowest BCUT2D eigenvalue weighted by Crippen LogP contribution is -2.20. The number of para-hydroxylation sites is 1. The molecule has 0 unspecified atom stereocenters. The number of hydrogen-bond donors (Lipinski definition) is 0. The van der Waals surface area contributed by atoms with Crippen LogP contribution in [-0.2, 0) is 0 Å². The van der Waals surface area contributed by atoms with E-state index in [1.807, 2.05) is 36.4 Å². The van der Waals surface area contributed by atoms with E-state index in [2.05, 4.69) is 26.0 Å². The molecule has 0 fully saturated rings. The molecule has 4 aromatic rings. The fraction of sp³-hybridized carbons (Fsp3) is 0.0870. The number of fused-ring (bicyclic) bond motifs is 1. The summed E-state index contributed by atoms with van der Waals surface area (Å²) >= 11 is 3.29. The molecule has 0 aliphatic carbocycles. The van der Waals surface area contributed by atoms with Gasteiger partial charge in [0.1, 0.15) is 0 Å². The number of nitrogens with zero attached hydrogens (tertiary/aromatic N) is 4. The molecule has 0 radical (unpaired) electrons. The Labute approximate surface area is 191 Å². The summed E-state index contributed by atoms with van der Waals surface area (Å²) in [5, 5.41) is 16.3. The van der Waals surface area contributed by atoms with Gasteiger partial charge in [0.25, 0.3) is 5.56 Å². The zero-order valence-corrected chi connectivity index (χ0v) is 18.5. The molecule has 1 heterocycles. The molecule has 0 spiro atoms. The van der Waals surface area contributed by atoms with Crippen molar-refractivity contribution in [2.24, 2.45) is 5.10 Å². The lowest BCUT2D eigenvalue weighted by Gasteiger charge is -2.11. The summed E-state index contributed by atoms with van der Waals surface area (Å²) in [6.07, 6.45) is 1.37. The maximum absolute atomic E-state index is 13.3. The Bertz CT molecular complexity index is 1400. The van der Waals surface area contributed by atoms with Crippen molar-refractivity contribution in [3.8, 4) is 17.1 Å². The third-order valence-electron chi connectivity index (χ3n) is 4.65. The Morgan fingerprint density at radius 1 is 1.16 bits per heavy atom. The van der Waals surface area contributed by atoms with Crippen LogP contribution >= 0.6 is 15.9 Å². The third kappa shape index (κ3) is 4.15. The van der Waals surface area contributed by atoms with E-state index in [1.165, 1.54) is 17.0 Å². The van der Waals surface area contributed by atoms with Gasteiger partial charge in [0.15, 0.2) is 5.82 Å². The molecule has 3 aromatic carbocycles. The molecule has 32 heavy (non-hydrogen) atoms. The number of benzene rings is 3. The molecule has 0 N–H and O–H groups in total. The van der Waals surface area contributed by atoms with Gasteiger partial charge in [-0.15, -0.1) is 0 Å². The molecule has 1 aromatic heterocycles. The van der Waals surface area contributed by atoms with Crippen LogP contribution in [0.4, 0.5) is 5.69 Å². The quantitative estimate of drug-likeness (QED) is 0.214. The van der Waals surface area contributed by atoms with Crippen molar-refractivity contribution in [3.63, 3.8) is 0 Å². The number of ether oxygens (including phenoxy) is 1. The van der Waals surface area contributed by atoms with Crippen LogP contribution in [0, 0.1) is 10.1 Å². The SMILES string of the molecule is CCOc1c(C=Nn2c(-c3ccccc3)nc3ccccc3c2=O)cc(Br)cc1[N+](=O)[O-]. The maximum Gasteiger partial charge on any atom is 0.312 e. The summed E-state index contributed by atoms with van der Waals surface area (Å²) in [4.78, 5) is 28.9. The molecule has 160 valence electrons. The lowest BCUT2D eigenvalue weighted by atomic mass is 10.2. The second-order valence-corrected chi connectivity index (χ2v) is 7.63. The fourth-order valence-corrected chi connectivity index (χ4v) is 3.72. The highest BCUT2D eigenvalue weighted by Gasteiger charge is 2.20. The lowest BCUT2D eigenvalue weighted by molar-refractivity contribution is -0.385. The topological polar surface area (TPSA) is 99.6 Å². The molecule has 4 rings (SSSR count). The van der Waals surface area contributed by atoms with Gasteiger partial charge in [-0.3, -0.25) is 14.9 Å². The van der Waals surface area contributed by atoms with E-state index < -0.39 is 4.92 Å². The molecule has 0 aliphatic heterocycles. The van der Waals surface area contributed by atoms with E-state index in [0.29, 0.717) is 32.3 Å². The highest BCUT2D eigenvalue weighted by atomic mass is 79.9. The van der Waals surface area contributed by atoms with E-state index in [0.717, 1.165) is 0 Å². The van der Waals surface area contributed by atoms with E-state index in [4.69, 9.17) is 4.74 Å². The number of halogens is 1. The van der Waals surface area contributed by atoms with Gasteiger partial charge in [0.05, 0.1) is 28.6 Å². The predicted octanol–water partition coefficient (Wildman–Crippen LogP) is 5.02. The average molecular weight is 493 g/mol. The van der Waals surface area contributed by atoms with Crippen molar-refractivity contribution in [1.82, 2.24) is 9.66 Å². The highest BCUT2D eigenvalue weighted by molar-refractivity contribution is 9.10. The van der Waals surface area contributed by atoms with E-state index >= 15 is 0 Å². The van der Waals surface area contributed by atoms with Gasteiger partial charge >= 0.3 is 5.69 Å². The molecule has 0 atom stereocenters. The standard InChI is InChI=1S/C23H17BrN4O4/c1-2-32-21-16(12-17(24)13-20(21)28(30)31)14-25-27-22(15-8-4-3-5-9-15)26-19-11-7-6-10-18(19)23(27)29/h3-14H,2H2,1H3. The Balaban J connectivity index is 1.95. The largest absolute Gasteiger partial charge is 0.487 e. The molecule has 0 bridgehead atoms. The first-order chi connectivity index (χ1) is 15.5. The van der Waals surface area contributed by atoms with Crippen molar-refractivity contribution >= 4 is 38.7 Å². The van der Waals surface area contributed by atoms with Crippen molar-refractivity contribution in [1.29, 1.82) is 0 Å². The van der Waals surface area contributed by atoms with Crippen LogP contribution in [0.5, 0.6) is 5.75 Å². The summed E-state index contributed by atoms with van der Waals surface area (Å²) in [7, 11) is 0. The third-order valence-corrected chi connectivity index (χ3v) is 5.10. The normalized spacial score (nSPS) is 11.2. The molecular formula is C23H17BrN4O4. The minimum atomic E-state index is -0.522. The van der Waals surface area contributed by atoms with Gasteiger partial charge in [0.2, 0.25) is 5.75 Å². The number of nitro groups is 1. The minimum absolute atomic E-state index is 0.0764. The van der Waals surface area contributed by atoms with Crippen LogP contribution < -0.4 is 10.3 Å². The number of aromatic nitrogens is 2. The summed E-state index contributed by atoms with van der Waals surface area (Å²) in [5.74, 6) is 0.431. The molecule has 9 heteroatoms. The van der Waals surface area contributed by atoms with Gasteiger partial charge < -0.3 is 4.74 Å². The first-order valence-electron chi connectivity index (χ1n) is 9.72. The van der Waals surface area contributed by atoms with Gasteiger partial charge in [-0.05, 0) is 25.1 Å². The van der Waals surface area contributed by atoms with Crippen molar-refractivity contribution in [2.75, 3.05) is 6.61 Å². The van der Waals surface area contributed by atoms with Crippen LogP contribution in [0.25, 0.3) is 22.3 Å².